The van der Waals surface area contributed by atoms with Crippen molar-refractivity contribution in [1.82, 2.24) is 10.3 Å². The van der Waals surface area contributed by atoms with Gasteiger partial charge in [0.15, 0.2) is 0 Å². The average Bonchev–Trinajstić information content (AvgIpc) is 2.63. The van der Waals surface area contributed by atoms with Crippen molar-refractivity contribution < 1.29 is 9.18 Å². The van der Waals surface area contributed by atoms with Crippen LogP contribution < -0.4 is 10.2 Å². The lowest BCUT2D eigenvalue weighted by atomic mass is 10.1. The van der Waals surface area contributed by atoms with Gasteiger partial charge in [-0.2, -0.15) is 0 Å². The van der Waals surface area contributed by atoms with Gasteiger partial charge in [-0.1, -0.05) is 24.3 Å². The van der Waals surface area contributed by atoms with E-state index in [0.717, 1.165) is 24.5 Å². The third-order valence-corrected chi connectivity index (χ3v) is 4.31. The minimum absolute atomic E-state index is 0.0476. The number of nitrogens with zero attached hydrogens (tertiary/aromatic N) is 2. The summed E-state index contributed by atoms with van der Waals surface area (Å²) in [7, 11) is 0. The molecule has 0 saturated carbocycles. The van der Waals surface area contributed by atoms with E-state index in [9.17, 15) is 9.18 Å². The number of nitrogens with one attached hydrogen (secondary N) is 1. The summed E-state index contributed by atoms with van der Waals surface area (Å²) in [5, 5.41) is 2.88. The summed E-state index contributed by atoms with van der Waals surface area (Å²) in [5.41, 5.74) is 1.42. The van der Waals surface area contributed by atoms with Gasteiger partial charge in [-0.05, 0) is 37.0 Å². The molecule has 1 N–H and O–H groups in total. The highest BCUT2D eigenvalue weighted by Gasteiger charge is 2.16. The molecular formula is C19H22FN3O. The van der Waals surface area contributed by atoms with Crippen molar-refractivity contribution in [2.24, 2.45) is 0 Å². The zero-order chi connectivity index (χ0) is 16.8. The first kappa shape index (κ1) is 16.4. The highest BCUT2D eigenvalue weighted by atomic mass is 19.1. The smallest absolute Gasteiger partial charge is 0.224 e. The summed E-state index contributed by atoms with van der Waals surface area (Å²) in [5.74, 6) is 0.417. The Morgan fingerprint density at radius 1 is 1.08 bits per heavy atom. The van der Waals surface area contributed by atoms with Crippen LogP contribution in [0.3, 0.4) is 0 Å². The lowest BCUT2D eigenvalue weighted by molar-refractivity contribution is -0.120. The van der Waals surface area contributed by atoms with E-state index >= 15 is 0 Å². The van der Waals surface area contributed by atoms with Crippen molar-refractivity contribution in [3.8, 4) is 0 Å². The molecule has 0 radical (unpaired) electrons. The van der Waals surface area contributed by atoms with E-state index in [1.165, 1.54) is 25.3 Å². The van der Waals surface area contributed by atoms with Gasteiger partial charge in [0.25, 0.3) is 0 Å². The van der Waals surface area contributed by atoms with E-state index < -0.39 is 0 Å². The van der Waals surface area contributed by atoms with E-state index in [0.29, 0.717) is 12.1 Å². The number of piperidine rings is 1. The number of hydrogen-bond acceptors (Lipinski definition) is 3. The third kappa shape index (κ3) is 4.10. The molecular weight excluding hydrogens is 305 g/mol. The van der Waals surface area contributed by atoms with Gasteiger partial charge in [-0.25, -0.2) is 9.37 Å². The fourth-order valence-corrected chi connectivity index (χ4v) is 3.03. The normalized spacial score (nSPS) is 14.5. The Balaban J connectivity index is 1.62. The van der Waals surface area contributed by atoms with Crippen molar-refractivity contribution in [1.29, 1.82) is 0 Å². The Kier molecular flexibility index (Phi) is 5.41. The Morgan fingerprint density at radius 3 is 2.62 bits per heavy atom. The first-order valence-electron chi connectivity index (χ1n) is 8.43. The first-order valence-corrected chi connectivity index (χ1v) is 8.43. The lowest BCUT2D eigenvalue weighted by Gasteiger charge is -2.29. The molecule has 0 aliphatic carbocycles. The van der Waals surface area contributed by atoms with Crippen molar-refractivity contribution in [3.63, 3.8) is 0 Å². The van der Waals surface area contributed by atoms with E-state index in [1.54, 1.807) is 24.4 Å². The maximum Gasteiger partial charge on any atom is 0.224 e. The maximum atomic E-state index is 13.6. The minimum atomic E-state index is -0.344. The topological polar surface area (TPSA) is 45.2 Å². The molecule has 126 valence electrons. The van der Waals surface area contributed by atoms with Crippen LogP contribution in [0.2, 0.25) is 0 Å². The number of halogens is 1. The summed E-state index contributed by atoms with van der Waals surface area (Å²) < 4.78 is 13.6. The summed E-state index contributed by atoms with van der Waals surface area (Å²) in [6, 6.07) is 10.2. The largest absolute Gasteiger partial charge is 0.356 e. The fourth-order valence-electron chi connectivity index (χ4n) is 3.03. The summed E-state index contributed by atoms with van der Waals surface area (Å²) in [6.45, 7) is 2.42. The highest BCUT2D eigenvalue weighted by molar-refractivity contribution is 5.78. The third-order valence-electron chi connectivity index (χ3n) is 4.31. The molecule has 1 fully saturated rings. The number of aromatic nitrogens is 1. The predicted octanol–water partition coefficient (Wildman–Crippen LogP) is 3.07. The van der Waals surface area contributed by atoms with Crippen LogP contribution in [-0.4, -0.2) is 24.0 Å². The van der Waals surface area contributed by atoms with Crippen LogP contribution in [0.4, 0.5) is 10.2 Å². The van der Waals surface area contributed by atoms with Crippen LogP contribution >= 0.6 is 0 Å². The SMILES string of the molecule is O=C(Cc1ccccc1F)NCc1cccnc1N1CCCCC1. The number of anilines is 1. The Bertz CT molecular complexity index is 699. The molecule has 3 rings (SSSR count). The van der Waals surface area contributed by atoms with Gasteiger partial charge in [-0.3, -0.25) is 4.79 Å². The molecule has 1 saturated heterocycles. The molecule has 24 heavy (non-hydrogen) atoms. The molecule has 4 nitrogen and oxygen atoms in total. The van der Waals surface area contributed by atoms with Crippen molar-refractivity contribution in [3.05, 3.63) is 59.5 Å². The predicted molar refractivity (Wildman–Crippen MR) is 92.3 cm³/mol. The molecule has 1 aliphatic rings. The summed E-state index contributed by atoms with van der Waals surface area (Å²) in [6.07, 6.45) is 5.45. The number of amides is 1. The minimum Gasteiger partial charge on any atom is -0.356 e. The molecule has 1 aliphatic heterocycles. The molecule has 5 heteroatoms. The number of rotatable bonds is 5. The van der Waals surface area contributed by atoms with Crippen LogP contribution in [0, 0.1) is 5.82 Å². The second-order valence-electron chi connectivity index (χ2n) is 6.08. The first-order chi connectivity index (χ1) is 11.7. The molecule has 1 aromatic carbocycles. The summed E-state index contributed by atoms with van der Waals surface area (Å²) >= 11 is 0. The Hall–Kier alpha value is -2.43. The van der Waals surface area contributed by atoms with E-state index in [-0.39, 0.29) is 18.1 Å². The molecule has 0 atom stereocenters. The number of carbonyl (C=O) groups is 1. The monoisotopic (exact) mass is 327 g/mol. The van der Waals surface area contributed by atoms with Crippen molar-refractivity contribution in [2.75, 3.05) is 18.0 Å². The quantitative estimate of drug-likeness (QED) is 0.918. The van der Waals surface area contributed by atoms with Gasteiger partial charge in [-0.15, -0.1) is 0 Å². The zero-order valence-corrected chi connectivity index (χ0v) is 13.7. The molecule has 0 spiro atoms. The molecule has 2 aromatic rings. The second kappa shape index (κ2) is 7.90. The van der Waals surface area contributed by atoms with Gasteiger partial charge >= 0.3 is 0 Å². The van der Waals surface area contributed by atoms with Crippen LogP contribution in [0.5, 0.6) is 0 Å². The van der Waals surface area contributed by atoms with Crippen molar-refractivity contribution in [2.45, 2.75) is 32.2 Å². The number of pyridine rings is 1. The van der Waals surface area contributed by atoms with Gasteiger partial charge in [0.1, 0.15) is 11.6 Å². The summed E-state index contributed by atoms with van der Waals surface area (Å²) in [4.78, 5) is 18.9. The molecule has 2 heterocycles. The zero-order valence-electron chi connectivity index (χ0n) is 13.7. The number of hydrogen-bond donors (Lipinski definition) is 1. The van der Waals surface area contributed by atoms with Gasteiger partial charge in [0.05, 0.1) is 6.42 Å². The van der Waals surface area contributed by atoms with Gasteiger partial charge in [0.2, 0.25) is 5.91 Å². The maximum absolute atomic E-state index is 13.6. The standard InChI is InChI=1S/C19H22FN3O/c20-17-9-3-2-7-15(17)13-18(24)22-14-16-8-6-10-21-19(16)23-11-4-1-5-12-23/h2-3,6-10H,1,4-5,11-14H2,(H,22,24). The van der Waals surface area contributed by atoms with E-state index in [4.69, 9.17) is 0 Å². The van der Waals surface area contributed by atoms with Crippen LogP contribution in [0.15, 0.2) is 42.6 Å². The molecule has 0 unspecified atom stereocenters. The van der Waals surface area contributed by atoms with Crippen LogP contribution in [0.1, 0.15) is 30.4 Å². The molecule has 0 bridgehead atoms. The van der Waals surface area contributed by atoms with Crippen LogP contribution in [-0.2, 0) is 17.8 Å². The Labute approximate surface area is 141 Å². The molecule has 1 aromatic heterocycles. The van der Waals surface area contributed by atoms with Gasteiger partial charge in [0, 0.05) is 31.4 Å². The number of benzene rings is 1. The Morgan fingerprint density at radius 2 is 1.83 bits per heavy atom. The lowest BCUT2D eigenvalue weighted by Crippen LogP contribution is -2.32. The van der Waals surface area contributed by atoms with E-state index in [2.05, 4.69) is 15.2 Å². The van der Waals surface area contributed by atoms with Crippen molar-refractivity contribution >= 4 is 11.7 Å². The van der Waals surface area contributed by atoms with E-state index in [1.807, 2.05) is 12.1 Å². The van der Waals surface area contributed by atoms with Gasteiger partial charge < -0.3 is 10.2 Å². The average molecular weight is 327 g/mol. The second-order valence-corrected chi connectivity index (χ2v) is 6.08. The fraction of sp³-hybridized carbons (Fsp3) is 0.368. The number of carbonyl (C=O) groups excluding carboxylic acids is 1. The molecule has 1 amide bonds. The highest BCUT2D eigenvalue weighted by Crippen LogP contribution is 2.21. The van der Waals surface area contributed by atoms with Crippen LogP contribution in [0.25, 0.3) is 0 Å².